The van der Waals surface area contributed by atoms with Crippen LogP contribution in [0.4, 0.5) is 0 Å². The van der Waals surface area contributed by atoms with Gasteiger partial charge in [0.15, 0.2) is 6.10 Å². The van der Waals surface area contributed by atoms with Crippen LogP contribution in [-0.4, -0.2) is 28.7 Å². The number of nitrogens with one attached hydrogen (secondary N) is 1. The van der Waals surface area contributed by atoms with Crippen LogP contribution in [0.2, 0.25) is 0 Å². The maximum Gasteiger partial charge on any atom is 0.261 e. The molecule has 1 amide bonds. The van der Waals surface area contributed by atoms with E-state index in [-0.39, 0.29) is 5.91 Å². The van der Waals surface area contributed by atoms with Gasteiger partial charge >= 0.3 is 0 Å². The van der Waals surface area contributed by atoms with Gasteiger partial charge in [0.25, 0.3) is 5.91 Å². The molecule has 0 spiro atoms. The van der Waals surface area contributed by atoms with Crippen molar-refractivity contribution in [3.63, 3.8) is 0 Å². The molecule has 0 saturated heterocycles. The van der Waals surface area contributed by atoms with Crippen LogP contribution in [0.1, 0.15) is 12.5 Å². The zero-order valence-corrected chi connectivity index (χ0v) is 14.8. The van der Waals surface area contributed by atoms with Crippen LogP contribution in [0.25, 0.3) is 5.69 Å². The second kappa shape index (κ2) is 8.20. The van der Waals surface area contributed by atoms with Gasteiger partial charge in [-0.3, -0.25) is 4.79 Å². The van der Waals surface area contributed by atoms with Gasteiger partial charge in [0, 0.05) is 25.0 Å². The van der Waals surface area contributed by atoms with Crippen molar-refractivity contribution in [3.8, 4) is 17.2 Å². The first-order valence-electron chi connectivity index (χ1n) is 8.32. The van der Waals surface area contributed by atoms with E-state index in [9.17, 15) is 4.79 Å². The number of amides is 1. The van der Waals surface area contributed by atoms with Crippen molar-refractivity contribution in [2.24, 2.45) is 0 Å². The van der Waals surface area contributed by atoms with Crippen LogP contribution in [0.3, 0.4) is 0 Å². The van der Waals surface area contributed by atoms with E-state index in [1.807, 2.05) is 47.2 Å². The Morgan fingerprint density at radius 1 is 1.19 bits per heavy atom. The maximum absolute atomic E-state index is 12.4. The van der Waals surface area contributed by atoms with Gasteiger partial charge in [-0.25, -0.2) is 4.98 Å². The molecule has 1 atom stereocenters. The first-order valence-corrected chi connectivity index (χ1v) is 8.32. The van der Waals surface area contributed by atoms with E-state index in [0.717, 1.165) is 11.3 Å². The fourth-order valence-corrected chi connectivity index (χ4v) is 2.57. The number of imidazole rings is 1. The summed E-state index contributed by atoms with van der Waals surface area (Å²) in [5.41, 5.74) is 1.97. The molecule has 2 aromatic carbocycles. The third-order valence-electron chi connectivity index (χ3n) is 3.95. The van der Waals surface area contributed by atoms with Crippen LogP contribution in [-0.2, 0) is 11.3 Å². The highest BCUT2D eigenvalue weighted by Crippen LogP contribution is 2.20. The topological polar surface area (TPSA) is 65.4 Å². The Bertz CT molecular complexity index is 862. The van der Waals surface area contributed by atoms with E-state index in [2.05, 4.69) is 10.3 Å². The molecule has 0 radical (unpaired) electrons. The average molecular weight is 351 g/mol. The SMILES string of the molecule is COc1cccc(O[C@H](C)C(=O)NCc2ccccc2-n2ccnc2)c1. The lowest BCUT2D eigenvalue weighted by molar-refractivity contribution is -0.127. The van der Waals surface area contributed by atoms with Crippen LogP contribution in [0.5, 0.6) is 11.5 Å². The third kappa shape index (κ3) is 4.22. The van der Waals surface area contributed by atoms with Crippen molar-refractivity contribution in [3.05, 3.63) is 72.8 Å². The highest BCUT2D eigenvalue weighted by Gasteiger charge is 2.15. The monoisotopic (exact) mass is 351 g/mol. The first kappa shape index (κ1) is 17.5. The lowest BCUT2D eigenvalue weighted by atomic mass is 10.1. The van der Waals surface area contributed by atoms with Crippen molar-refractivity contribution in [2.45, 2.75) is 19.6 Å². The summed E-state index contributed by atoms with van der Waals surface area (Å²) in [6, 6.07) is 15.0. The third-order valence-corrected chi connectivity index (χ3v) is 3.95. The number of hydrogen-bond acceptors (Lipinski definition) is 4. The molecule has 3 rings (SSSR count). The van der Waals surface area contributed by atoms with Gasteiger partial charge in [-0.15, -0.1) is 0 Å². The Kier molecular flexibility index (Phi) is 5.53. The molecule has 0 aliphatic heterocycles. The fraction of sp³-hybridized carbons (Fsp3) is 0.200. The molecule has 3 aromatic rings. The van der Waals surface area contributed by atoms with Gasteiger partial charge in [0.05, 0.1) is 19.1 Å². The number of nitrogens with zero attached hydrogens (tertiary/aromatic N) is 2. The fourth-order valence-electron chi connectivity index (χ4n) is 2.57. The van der Waals surface area contributed by atoms with Gasteiger partial charge in [-0.2, -0.15) is 0 Å². The molecule has 6 heteroatoms. The van der Waals surface area contributed by atoms with Crippen LogP contribution >= 0.6 is 0 Å². The number of rotatable bonds is 7. The minimum atomic E-state index is -0.623. The minimum absolute atomic E-state index is 0.187. The van der Waals surface area contributed by atoms with E-state index < -0.39 is 6.10 Å². The normalized spacial score (nSPS) is 11.6. The first-order chi connectivity index (χ1) is 12.7. The predicted molar refractivity (Wildman–Crippen MR) is 98.5 cm³/mol. The Morgan fingerprint density at radius 3 is 2.77 bits per heavy atom. The highest BCUT2D eigenvalue weighted by atomic mass is 16.5. The Balaban J connectivity index is 1.62. The van der Waals surface area contributed by atoms with E-state index in [0.29, 0.717) is 18.0 Å². The number of ether oxygens (including phenoxy) is 2. The van der Waals surface area contributed by atoms with Gasteiger partial charge in [-0.05, 0) is 30.7 Å². The lowest BCUT2D eigenvalue weighted by Gasteiger charge is -2.16. The molecule has 0 fully saturated rings. The smallest absolute Gasteiger partial charge is 0.261 e. The second-order valence-electron chi connectivity index (χ2n) is 5.76. The van der Waals surface area contributed by atoms with E-state index in [4.69, 9.17) is 9.47 Å². The molecule has 1 heterocycles. The van der Waals surface area contributed by atoms with Gasteiger partial charge < -0.3 is 19.4 Å². The molecular formula is C20H21N3O3. The van der Waals surface area contributed by atoms with Crippen LogP contribution < -0.4 is 14.8 Å². The maximum atomic E-state index is 12.4. The standard InChI is InChI=1S/C20H21N3O3/c1-15(26-18-8-5-7-17(12-18)25-2)20(24)22-13-16-6-3-4-9-19(16)23-11-10-21-14-23/h3-12,14-15H,13H2,1-2H3,(H,22,24)/t15-/m1/s1. The average Bonchev–Trinajstić information content (AvgIpc) is 3.21. The predicted octanol–water partition coefficient (Wildman–Crippen LogP) is 2.96. The van der Waals surface area contributed by atoms with Gasteiger partial charge in [0.1, 0.15) is 11.5 Å². The Hall–Kier alpha value is -3.28. The number of methoxy groups -OCH3 is 1. The highest BCUT2D eigenvalue weighted by molar-refractivity contribution is 5.80. The quantitative estimate of drug-likeness (QED) is 0.711. The van der Waals surface area contributed by atoms with E-state index >= 15 is 0 Å². The number of carbonyl (C=O) groups excluding carboxylic acids is 1. The van der Waals surface area contributed by atoms with Crippen LogP contribution in [0.15, 0.2) is 67.3 Å². The van der Waals surface area contributed by atoms with Gasteiger partial charge in [-0.1, -0.05) is 24.3 Å². The molecule has 0 aliphatic carbocycles. The second-order valence-corrected chi connectivity index (χ2v) is 5.76. The van der Waals surface area contributed by atoms with Crippen molar-refractivity contribution in [1.82, 2.24) is 14.9 Å². The Morgan fingerprint density at radius 2 is 2.00 bits per heavy atom. The van der Waals surface area contributed by atoms with Crippen molar-refractivity contribution in [2.75, 3.05) is 7.11 Å². The largest absolute Gasteiger partial charge is 0.497 e. The molecule has 0 aliphatic rings. The van der Waals surface area contributed by atoms with E-state index in [1.165, 1.54) is 0 Å². The zero-order chi connectivity index (χ0) is 18.4. The molecule has 1 N–H and O–H groups in total. The summed E-state index contributed by atoms with van der Waals surface area (Å²) < 4.78 is 12.8. The lowest BCUT2D eigenvalue weighted by Crippen LogP contribution is -2.36. The molecule has 26 heavy (non-hydrogen) atoms. The summed E-state index contributed by atoms with van der Waals surface area (Å²) in [6.07, 6.45) is 4.70. The molecule has 134 valence electrons. The Labute approximate surface area is 152 Å². The number of para-hydroxylation sites is 1. The summed E-state index contributed by atoms with van der Waals surface area (Å²) in [5.74, 6) is 1.09. The summed E-state index contributed by atoms with van der Waals surface area (Å²) in [4.78, 5) is 16.5. The van der Waals surface area contributed by atoms with Crippen molar-refractivity contribution < 1.29 is 14.3 Å². The molecular weight excluding hydrogens is 330 g/mol. The number of carbonyl (C=O) groups is 1. The zero-order valence-electron chi connectivity index (χ0n) is 14.8. The molecule has 6 nitrogen and oxygen atoms in total. The summed E-state index contributed by atoms with van der Waals surface area (Å²) in [5, 5.41) is 2.92. The number of aromatic nitrogens is 2. The van der Waals surface area contributed by atoms with E-state index in [1.54, 1.807) is 38.7 Å². The van der Waals surface area contributed by atoms with Crippen molar-refractivity contribution in [1.29, 1.82) is 0 Å². The number of hydrogen-bond donors (Lipinski definition) is 1. The molecule has 0 saturated carbocycles. The van der Waals surface area contributed by atoms with Crippen molar-refractivity contribution >= 4 is 5.91 Å². The minimum Gasteiger partial charge on any atom is -0.497 e. The summed E-state index contributed by atoms with van der Waals surface area (Å²) >= 11 is 0. The molecule has 0 unspecified atom stereocenters. The van der Waals surface area contributed by atoms with Crippen LogP contribution in [0, 0.1) is 0 Å². The summed E-state index contributed by atoms with van der Waals surface area (Å²) in [6.45, 7) is 2.12. The summed E-state index contributed by atoms with van der Waals surface area (Å²) in [7, 11) is 1.59. The van der Waals surface area contributed by atoms with Gasteiger partial charge in [0.2, 0.25) is 0 Å². The molecule has 0 bridgehead atoms. The number of benzene rings is 2. The molecule has 1 aromatic heterocycles.